The smallest absolute Gasteiger partial charge is 0.474 e. The third-order valence-corrected chi connectivity index (χ3v) is 26.1. The molecule has 13 atom stereocenters. The molecule has 9 N–H and O–H groups in total. The Morgan fingerprint density at radius 3 is 1.89 bits per heavy atom. The van der Waals surface area contributed by atoms with Crippen molar-refractivity contribution in [2.45, 2.75) is 340 Å². The number of esters is 2. The Morgan fingerprint density at radius 1 is 0.692 bits per heavy atom. The molecule has 742 valence electrons. The Kier molecular flexibility index (Phi) is 53.0. The molecule has 1 aliphatic carbocycles. The van der Waals surface area contributed by atoms with E-state index in [2.05, 4.69) is 78.3 Å². The monoisotopic (exact) mass is 1960 g/mol. The number of phosphoric ester groups is 1. The highest BCUT2D eigenvalue weighted by atomic mass is 32.5. The molecule has 133 heavy (non-hydrogen) atoms. The number of ether oxygens (including phenoxy) is 5. The first-order valence-electron chi connectivity index (χ1n) is 47.3. The number of carbonyl (C=O) groups is 8. The van der Waals surface area contributed by atoms with Crippen LogP contribution in [0.15, 0.2) is 78.2 Å². The van der Waals surface area contributed by atoms with Crippen LogP contribution in [0.1, 0.15) is 300 Å². The number of carbonyl (C=O) groups excluding carboxylic acids is 8. The minimum absolute atomic E-state index is 0.0692. The number of thiol groups is 1. The fraction of sp³-hybridized carbons (Fsp3) is 0.681. The molecule has 7 rings (SSSR count). The molecule has 5 aromatic rings. The van der Waals surface area contributed by atoms with Crippen LogP contribution < -0.4 is 36.9 Å². The summed E-state index contributed by atoms with van der Waals surface area (Å²) in [6, 6.07) is 12.1. The molecule has 1 saturated heterocycles. The first kappa shape index (κ1) is 112. The summed E-state index contributed by atoms with van der Waals surface area (Å²) in [6.45, 7) is 2.52. The summed E-state index contributed by atoms with van der Waals surface area (Å²) in [5.41, 5.74) is 0.0958. The van der Waals surface area contributed by atoms with Crippen molar-refractivity contribution in [3.63, 3.8) is 0 Å². The number of amides is 6. The van der Waals surface area contributed by atoms with Gasteiger partial charge >= 0.3 is 41.3 Å². The van der Waals surface area contributed by atoms with Gasteiger partial charge in [0.1, 0.15) is 62.6 Å². The number of nitrogens with zero attached hydrogens (tertiary/aromatic N) is 6. The zero-order valence-corrected chi connectivity index (χ0v) is 82.4. The van der Waals surface area contributed by atoms with Crippen molar-refractivity contribution in [2.75, 3.05) is 57.3 Å². The Bertz CT molecular complexity index is 4490. The molecule has 3 aromatic heterocycles. The van der Waals surface area contributed by atoms with Gasteiger partial charge in [-0.1, -0.05) is 238 Å². The van der Waals surface area contributed by atoms with E-state index in [1.807, 2.05) is 0 Å². The van der Waals surface area contributed by atoms with E-state index < -0.39 is 151 Å². The second-order valence-corrected chi connectivity index (χ2v) is 39.3. The number of nitrogens with one attached hydrogen (secondary N) is 6. The van der Waals surface area contributed by atoms with Gasteiger partial charge < -0.3 is 73.5 Å². The number of aliphatic hydroxyl groups is 1. The van der Waals surface area contributed by atoms with Gasteiger partial charge in [-0.25, -0.2) is 24.3 Å². The second-order valence-electron chi connectivity index (χ2n) is 34.4. The van der Waals surface area contributed by atoms with Crippen LogP contribution in [0.3, 0.4) is 0 Å². The molecule has 42 heteroatoms. The van der Waals surface area contributed by atoms with Crippen molar-refractivity contribution in [1.82, 2.24) is 50.3 Å². The van der Waals surface area contributed by atoms with Crippen LogP contribution in [-0.4, -0.2) is 192 Å². The SMILES string of the molecule is CCCCCCCCCCCCCCCCCC(=O)OC[C@H](COP(=O)(O)OCCNC(=O)CCCC(=O)N[C@H](C(=O)N[C@@H](C)C(=O)Nc1ccc(COC(=O)N(C)Cc2ccccc2C(=O)Nc2nc3c(ncn3[C@@H]3O[C@H](CO[PH+]=O)[C@@H](O)[C@H]3OP(O)(=S)OC[C@H]3C[C@@H](Oc4ccncn4)C[C@@H]3OS)c(=O)[nH]2)cc1)C(C)C)OC(=O)CCCCCCCCCCCCCCCCC. The molecule has 0 radical (unpaired) electrons. The molecule has 2 aliphatic rings. The van der Waals surface area contributed by atoms with E-state index in [1.54, 1.807) is 62.4 Å². The number of phosphoric acid groups is 1. The van der Waals surface area contributed by atoms with E-state index in [0.717, 1.165) is 51.3 Å². The first-order valence-corrected chi connectivity index (χ1v) is 52.5. The summed E-state index contributed by atoms with van der Waals surface area (Å²) in [5, 5.41) is 24.8. The molecule has 3 unspecified atom stereocenters. The van der Waals surface area contributed by atoms with Crippen molar-refractivity contribution < 1.29 is 113 Å². The number of hydrogen-bond acceptors (Lipinski definition) is 29. The minimum Gasteiger partial charge on any atom is -0.474 e. The third-order valence-electron chi connectivity index (χ3n) is 23.0. The molecule has 2 aromatic carbocycles. The van der Waals surface area contributed by atoms with E-state index in [1.165, 1.54) is 177 Å². The van der Waals surface area contributed by atoms with Crippen molar-refractivity contribution >= 4 is 118 Å². The summed E-state index contributed by atoms with van der Waals surface area (Å²) in [6.07, 6.45) is 31.7. The van der Waals surface area contributed by atoms with E-state index in [9.17, 15) is 67.2 Å². The van der Waals surface area contributed by atoms with Gasteiger partial charge in [-0.15, -0.1) is 4.52 Å². The van der Waals surface area contributed by atoms with Crippen molar-refractivity contribution in [2.24, 2.45) is 11.8 Å². The summed E-state index contributed by atoms with van der Waals surface area (Å²) >= 11 is 9.48. The van der Waals surface area contributed by atoms with Gasteiger partial charge in [0.2, 0.25) is 35.5 Å². The first-order chi connectivity index (χ1) is 64.1. The number of imidazole rings is 1. The number of H-pyrrole nitrogens is 1. The van der Waals surface area contributed by atoms with Crippen LogP contribution in [0, 0.1) is 11.8 Å². The molecular weight excluding hydrogens is 1820 g/mol. The molecule has 37 nitrogen and oxygen atoms in total. The van der Waals surface area contributed by atoms with Gasteiger partial charge in [0.25, 0.3) is 11.5 Å². The minimum atomic E-state index is -4.77. The summed E-state index contributed by atoms with van der Waals surface area (Å²) in [4.78, 5) is 163. The van der Waals surface area contributed by atoms with E-state index in [0.29, 0.717) is 48.4 Å². The van der Waals surface area contributed by atoms with Crippen LogP contribution >= 0.6 is 36.1 Å². The van der Waals surface area contributed by atoms with Crippen LogP contribution in [0.4, 0.5) is 16.4 Å². The van der Waals surface area contributed by atoms with Crippen molar-refractivity contribution in [1.29, 1.82) is 0 Å². The quantitative estimate of drug-likeness (QED) is 0.00431. The number of aromatic amines is 1. The average Bonchev–Trinajstić information content (AvgIpc) is 1.61. The van der Waals surface area contributed by atoms with Crippen LogP contribution in [0.25, 0.3) is 11.2 Å². The third kappa shape index (κ3) is 43.2. The number of aromatic nitrogens is 6. The molecule has 4 heterocycles. The molecule has 1 saturated carbocycles. The van der Waals surface area contributed by atoms with Crippen molar-refractivity contribution in [3.8, 4) is 5.88 Å². The van der Waals surface area contributed by atoms with Gasteiger partial charge in [-0.05, 0) is 97.1 Å². The molecule has 1 aliphatic heterocycles. The van der Waals surface area contributed by atoms with Crippen LogP contribution in [-0.2, 0) is 109 Å². The lowest BCUT2D eigenvalue weighted by molar-refractivity contribution is -0.161. The number of hydrogen-bond donors (Lipinski definition) is 10. The van der Waals surface area contributed by atoms with Crippen LogP contribution in [0.2, 0.25) is 0 Å². The number of unbranched alkanes of at least 4 members (excludes halogenated alkanes) is 28. The summed E-state index contributed by atoms with van der Waals surface area (Å²) in [5.74, 6) is -4.86. The van der Waals surface area contributed by atoms with Gasteiger partial charge in [0.05, 0.1) is 32.3 Å². The predicted octanol–water partition coefficient (Wildman–Crippen LogP) is 15.8. The molecule has 6 amide bonds. The van der Waals surface area contributed by atoms with E-state index in [-0.39, 0.29) is 99.7 Å². The highest BCUT2D eigenvalue weighted by Gasteiger charge is 2.50. The highest BCUT2D eigenvalue weighted by molar-refractivity contribution is 8.07. The number of fused-ring (bicyclic) bond motifs is 1. The van der Waals surface area contributed by atoms with Crippen LogP contribution in [0.5, 0.6) is 5.88 Å². The summed E-state index contributed by atoms with van der Waals surface area (Å²) < 4.78 is 87.1. The van der Waals surface area contributed by atoms with Crippen molar-refractivity contribution in [3.05, 3.63) is 100 Å². The number of rotatable bonds is 70. The number of anilines is 2. The summed E-state index contributed by atoms with van der Waals surface area (Å²) in [7, 11) is -4.55. The van der Waals surface area contributed by atoms with Gasteiger partial charge in [-0.2, -0.15) is 4.98 Å². The zero-order valence-electron chi connectivity index (χ0n) is 77.9. The molecule has 2 fully saturated rings. The standard InChI is InChI=1S/C91H141N12O25P3S2/c1-7-9-11-13-15-17-19-21-23-25-27-29-31-33-35-44-78(106)118-59-71(125-79(107)45-36-34-32-30-28-26-24-22-20-18-16-14-12-10-8-2)60-122-130(115,116)121-53-52-93-75(104)42-39-43-76(105)98-80(64(3)4)87(111)96-65(5)85(109)97-69-48-46-66(47-49-69)57-119-91(113)102(6)56-67-40-37-38-41-72(67)86(110)100-90-99-84-81(88(112)101-90)95-63-103(84)89-83(82(108)74(126-89)61-120-129-114)127-131(117,133)123-58-68-54-70(55-73(68)128-132)124-77-50-51-92-62-94-77/h37-38,40-41,46-51,62-65,68,70-71,73-74,80,82-83,89,108,129H,7-36,39,42-45,52-61H2,1-6H3,(H8-,93,96,97,98,99,100,101,104,105,109,110,111,112,115,116,117,132,133)/p+1/t65-,68+,70+,71+,73-,74+,80-,82+,83+,89+,131?/m0/s1. The number of aliphatic hydroxyl groups excluding tert-OH is 1. The molecule has 0 bridgehead atoms. The fourth-order valence-corrected chi connectivity index (χ4v) is 18.2. The average molecular weight is 1960 g/mol. The normalized spacial score (nSPS) is 18.2. The number of benzene rings is 2. The largest absolute Gasteiger partial charge is 0.494 e. The topological polar surface area (TPSA) is 486 Å². The maximum absolute atomic E-state index is 14.1. The zero-order chi connectivity index (χ0) is 96.2. The van der Waals surface area contributed by atoms with E-state index in [4.69, 9.17) is 62.3 Å². The van der Waals surface area contributed by atoms with Gasteiger partial charge in [0, 0.05) is 81.7 Å². The second kappa shape index (κ2) is 62.8. The van der Waals surface area contributed by atoms with Gasteiger partial charge in [-0.3, -0.25) is 66.8 Å². The van der Waals surface area contributed by atoms with Gasteiger partial charge in [0.15, 0.2) is 23.5 Å². The Hall–Kier alpha value is -7.84. The molecule has 0 spiro atoms. The lowest BCUT2D eigenvalue weighted by Gasteiger charge is -2.27. The highest BCUT2D eigenvalue weighted by Crippen LogP contribution is 2.51. The lowest BCUT2D eigenvalue weighted by atomic mass is 10.0. The Morgan fingerprint density at radius 2 is 1.29 bits per heavy atom. The fourth-order valence-electron chi connectivity index (χ4n) is 15.5. The Labute approximate surface area is 792 Å². The predicted molar refractivity (Wildman–Crippen MR) is 507 cm³/mol. The molecular formula is C91H142N12O25P3S2+. The maximum atomic E-state index is 14.1. The maximum Gasteiger partial charge on any atom is 0.494 e. The van der Waals surface area contributed by atoms with E-state index >= 15 is 0 Å². The lowest BCUT2D eigenvalue weighted by Crippen LogP contribution is -2.53. The Balaban J connectivity index is 0.790.